The fourth-order valence-electron chi connectivity index (χ4n) is 4.42. The standard InChI is InChI=1S/C23H16F3NO4.C3H8/c24-23(25,26)13-3-1-2-12(8-13)16-9-17-14(15-5-7-31-21(15)16)4-6-27-11-18(22(29)30)20(28)10-19(17)27;1-3-2/h1-3,8-11H,4-7H2,(H,29,30);3H2,1-2H3. The van der Waals surface area contributed by atoms with Crippen LogP contribution >= 0.6 is 0 Å². The van der Waals surface area contributed by atoms with Crippen molar-refractivity contribution in [3.63, 3.8) is 0 Å². The molecule has 3 aromatic rings. The first kappa shape index (κ1) is 23.6. The molecular weight excluding hydrogens is 447 g/mol. The van der Waals surface area contributed by atoms with Gasteiger partial charge in [-0.25, -0.2) is 4.79 Å². The number of carboxylic acids is 1. The summed E-state index contributed by atoms with van der Waals surface area (Å²) in [5.74, 6) is -0.714. The van der Waals surface area contributed by atoms with Gasteiger partial charge in [0.25, 0.3) is 0 Å². The summed E-state index contributed by atoms with van der Waals surface area (Å²) in [6.45, 7) is 5.18. The number of ether oxygens (including phenoxy) is 1. The van der Waals surface area contributed by atoms with Gasteiger partial charge in [-0.05, 0) is 35.7 Å². The Balaban J connectivity index is 0.000000868. The van der Waals surface area contributed by atoms with Crippen LogP contribution in [0.1, 0.15) is 47.3 Å². The highest BCUT2D eigenvalue weighted by Crippen LogP contribution is 2.46. The Morgan fingerprint density at radius 1 is 1.09 bits per heavy atom. The van der Waals surface area contributed by atoms with Gasteiger partial charge in [-0.1, -0.05) is 32.4 Å². The maximum atomic E-state index is 13.3. The molecule has 8 heteroatoms. The predicted octanol–water partition coefficient (Wildman–Crippen LogP) is 5.81. The summed E-state index contributed by atoms with van der Waals surface area (Å²) in [4.78, 5) is 23.7. The number of carbonyl (C=O) groups is 1. The van der Waals surface area contributed by atoms with Crippen molar-refractivity contribution in [1.82, 2.24) is 4.57 Å². The van der Waals surface area contributed by atoms with Crippen molar-refractivity contribution in [1.29, 1.82) is 0 Å². The monoisotopic (exact) mass is 471 g/mol. The molecule has 2 aromatic carbocycles. The third-order valence-electron chi connectivity index (χ3n) is 5.83. The van der Waals surface area contributed by atoms with E-state index in [0.29, 0.717) is 48.6 Å². The van der Waals surface area contributed by atoms with Crippen LogP contribution in [0.5, 0.6) is 5.75 Å². The minimum absolute atomic E-state index is 0.310. The van der Waals surface area contributed by atoms with Crippen LogP contribution in [0.25, 0.3) is 22.4 Å². The molecule has 1 aromatic heterocycles. The van der Waals surface area contributed by atoms with E-state index in [9.17, 15) is 27.9 Å². The van der Waals surface area contributed by atoms with Gasteiger partial charge < -0.3 is 14.4 Å². The van der Waals surface area contributed by atoms with Gasteiger partial charge in [-0.15, -0.1) is 0 Å². The molecule has 0 saturated carbocycles. The maximum absolute atomic E-state index is 13.3. The Bertz CT molecular complexity index is 1320. The average molecular weight is 471 g/mol. The number of fused-ring (bicyclic) bond motifs is 5. The molecule has 0 aliphatic carbocycles. The second kappa shape index (κ2) is 9.00. The highest BCUT2D eigenvalue weighted by atomic mass is 19.4. The Hall–Kier alpha value is -3.55. The lowest BCUT2D eigenvalue weighted by Gasteiger charge is -2.26. The number of alkyl halides is 3. The van der Waals surface area contributed by atoms with Gasteiger partial charge in [0.05, 0.1) is 17.9 Å². The van der Waals surface area contributed by atoms with E-state index in [1.807, 2.05) is 0 Å². The molecule has 34 heavy (non-hydrogen) atoms. The lowest BCUT2D eigenvalue weighted by Crippen LogP contribution is -2.22. The lowest BCUT2D eigenvalue weighted by atomic mass is 9.87. The van der Waals surface area contributed by atoms with Crippen LogP contribution in [-0.4, -0.2) is 22.2 Å². The molecule has 2 aliphatic heterocycles. The Kier molecular flexibility index (Phi) is 6.25. The highest BCUT2D eigenvalue weighted by molar-refractivity contribution is 5.88. The normalized spacial score (nSPS) is 13.7. The molecule has 0 fully saturated rings. The summed E-state index contributed by atoms with van der Waals surface area (Å²) in [6.07, 6.45) is -0.654. The third-order valence-corrected chi connectivity index (χ3v) is 5.83. The number of aromatic carboxylic acids is 1. The van der Waals surface area contributed by atoms with Crippen molar-refractivity contribution in [3.8, 4) is 28.1 Å². The molecule has 5 rings (SSSR count). The summed E-state index contributed by atoms with van der Waals surface area (Å²) in [5.41, 5.74) is 2.43. The first-order valence-corrected chi connectivity index (χ1v) is 11.1. The molecular formula is C26H24F3NO4. The van der Waals surface area contributed by atoms with Crippen molar-refractivity contribution in [2.75, 3.05) is 6.61 Å². The molecule has 0 bridgehead atoms. The summed E-state index contributed by atoms with van der Waals surface area (Å²) in [5, 5.41) is 9.25. The van der Waals surface area contributed by atoms with E-state index in [1.54, 1.807) is 16.7 Å². The number of nitrogens with zero attached hydrogens (tertiary/aromatic N) is 1. The molecule has 0 radical (unpaired) electrons. The topological polar surface area (TPSA) is 68.5 Å². The van der Waals surface area contributed by atoms with Crippen LogP contribution in [0.15, 0.2) is 47.4 Å². The minimum Gasteiger partial charge on any atom is -0.492 e. The quantitative estimate of drug-likeness (QED) is 0.513. The van der Waals surface area contributed by atoms with Crippen LogP contribution in [0, 0.1) is 0 Å². The smallest absolute Gasteiger partial charge is 0.416 e. The Morgan fingerprint density at radius 2 is 1.82 bits per heavy atom. The molecule has 0 saturated heterocycles. The van der Waals surface area contributed by atoms with Crippen LogP contribution in [0.2, 0.25) is 0 Å². The van der Waals surface area contributed by atoms with Gasteiger partial charge in [-0.2, -0.15) is 13.2 Å². The molecule has 0 spiro atoms. The van der Waals surface area contributed by atoms with Crippen molar-refractivity contribution in [3.05, 3.63) is 75.1 Å². The van der Waals surface area contributed by atoms with Gasteiger partial charge in [0.15, 0.2) is 5.43 Å². The number of rotatable bonds is 2. The van der Waals surface area contributed by atoms with Crippen LogP contribution in [0.3, 0.4) is 0 Å². The van der Waals surface area contributed by atoms with E-state index in [2.05, 4.69) is 13.8 Å². The molecule has 1 N–H and O–H groups in total. The zero-order chi connectivity index (χ0) is 24.6. The van der Waals surface area contributed by atoms with Gasteiger partial charge in [0.1, 0.15) is 11.3 Å². The number of carboxylic acid groups (broad SMARTS) is 1. The molecule has 5 nitrogen and oxygen atoms in total. The molecule has 0 amide bonds. The van der Waals surface area contributed by atoms with Gasteiger partial charge >= 0.3 is 12.1 Å². The number of benzene rings is 2. The average Bonchev–Trinajstić information content (AvgIpc) is 3.28. The fraction of sp³-hybridized carbons (Fsp3) is 0.308. The second-order valence-corrected chi connectivity index (χ2v) is 8.33. The number of pyridine rings is 1. The molecule has 0 atom stereocenters. The van der Waals surface area contributed by atoms with E-state index in [1.165, 1.54) is 24.8 Å². The SMILES string of the molecule is CCC.O=C(O)c1cn2c(cc1=O)-c1cc(-c3cccc(C(F)(F)F)c3)c3c(c1CC2)CCO3. The van der Waals surface area contributed by atoms with E-state index >= 15 is 0 Å². The molecule has 3 heterocycles. The zero-order valence-electron chi connectivity index (χ0n) is 18.8. The van der Waals surface area contributed by atoms with E-state index in [4.69, 9.17) is 4.74 Å². The lowest BCUT2D eigenvalue weighted by molar-refractivity contribution is -0.137. The van der Waals surface area contributed by atoms with Gasteiger partial charge in [0.2, 0.25) is 0 Å². The maximum Gasteiger partial charge on any atom is 0.416 e. The number of aromatic nitrogens is 1. The molecule has 0 unspecified atom stereocenters. The summed E-state index contributed by atoms with van der Waals surface area (Å²) < 4.78 is 47.3. The van der Waals surface area contributed by atoms with E-state index in [-0.39, 0.29) is 5.56 Å². The number of hydrogen-bond donors (Lipinski definition) is 1. The van der Waals surface area contributed by atoms with Crippen molar-refractivity contribution in [2.24, 2.45) is 0 Å². The highest BCUT2D eigenvalue weighted by Gasteiger charge is 2.32. The van der Waals surface area contributed by atoms with Gasteiger partial charge in [0, 0.05) is 41.9 Å². The number of hydrogen-bond acceptors (Lipinski definition) is 3. The number of halogens is 3. The summed E-state index contributed by atoms with van der Waals surface area (Å²) in [6, 6.07) is 8.11. The largest absolute Gasteiger partial charge is 0.492 e. The Labute approximate surface area is 194 Å². The van der Waals surface area contributed by atoms with E-state index < -0.39 is 23.1 Å². The fourth-order valence-corrected chi connectivity index (χ4v) is 4.42. The number of aryl methyl sites for hydroxylation is 1. The van der Waals surface area contributed by atoms with Crippen LogP contribution in [-0.2, 0) is 25.6 Å². The van der Waals surface area contributed by atoms with Crippen molar-refractivity contribution >= 4 is 5.97 Å². The van der Waals surface area contributed by atoms with Crippen molar-refractivity contribution in [2.45, 2.75) is 45.8 Å². The predicted molar refractivity (Wildman–Crippen MR) is 122 cm³/mol. The minimum atomic E-state index is -4.47. The summed E-state index contributed by atoms with van der Waals surface area (Å²) in [7, 11) is 0. The third kappa shape index (κ3) is 4.20. The zero-order valence-corrected chi connectivity index (χ0v) is 18.8. The summed E-state index contributed by atoms with van der Waals surface area (Å²) >= 11 is 0. The molecule has 178 valence electrons. The first-order chi connectivity index (χ1) is 16.2. The van der Waals surface area contributed by atoms with Crippen LogP contribution in [0.4, 0.5) is 13.2 Å². The second-order valence-electron chi connectivity index (χ2n) is 8.33. The molecule has 2 aliphatic rings. The van der Waals surface area contributed by atoms with E-state index in [0.717, 1.165) is 28.8 Å². The van der Waals surface area contributed by atoms with Crippen LogP contribution < -0.4 is 10.2 Å². The Morgan fingerprint density at radius 3 is 2.50 bits per heavy atom. The first-order valence-electron chi connectivity index (χ1n) is 11.1. The van der Waals surface area contributed by atoms with Gasteiger partial charge in [-0.3, -0.25) is 4.79 Å². The van der Waals surface area contributed by atoms with Crippen molar-refractivity contribution < 1.29 is 27.8 Å².